The van der Waals surface area contributed by atoms with Gasteiger partial charge in [-0.25, -0.2) is 4.79 Å². The number of urea groups is 1. The molecule has 0 unspecified atom stereocenters. The van der Waals surface area contributed by atoms with Gasteiger partial charge in [0.05, 0.1) is 0 Å². The quantitative estimate of drug-likeness (QED) is 0.830. The summed E-state index contributed by atoms with van der Waals surface area (Å²) in [4.78, 5) is 14.3. The Kier molecular flexibility index (Phi) is 5.69. The molecule has 4 heteroatoms. The molecule has 0 aliphatic heterocycles. The van der Waals surface area contributed by atoms with Crippen molar-refractivity contribution in [3.8, 4) is 0 Å². The van der Waals surface area contributed by atoms with Crippen molar-refractivity contribution in [2.24, 2.45) is 0 Å². The van der Waals surface area contributed by atoms with Crippen LogP contribution in [0.2, 0.25) is 0 Å². The Morgan fingerprint density at radius 1 is 0.905 bits per heavy atom. The molecule has 0 atom stereocenters. The van der Waals surface area contributed by atoms with E-state index in [4.69, 9.17) is 0 Å². The van der Waals surface area contributed by atoms with Gasteiger partial charge in [0, 0.05) is 19.6 Å². The first-order chi connectivity index (χ1) is 10.2. The first-order valence-electron chi connectivity index (χ1n) is 7.04. The highest BCUT2D eigenvalue weighted by Gasteiger charge is 2.18. The topological polar surface area (TPSA) is 23.6 Å². The number of hydrogen-bond acceptors (Lipinski definition) is 2. The molecule has 21 heavy (non-hydrogen) atoms. The molecule has 0 fully saturated rings. The first-order valence-corrected chi connectivity index (χ1v) is 7.44. The maximum Gasteiger partial charge on any atom is 0.330 e. The molecule has 0 heterocycles. The van der Waals surface area contributed by atoms with Crippen molar-refractivity contribution in [1.29, 1.82) is 0 Å². The molecule has 0 aromatic heterocycles. The van der Waals surface area contributed by atoms with Gasteiger partial charge in [0.1, 0.15) is 0 Å². The minimum atomic E-state index is -0.0754. The van der Waals surface area contributed by atoms with Gasteiger partial charge in [-0.15, -0.1) is 0 Å². The van der Waals surface area contributed by atoms with E-state index in [-0.39, 0.29) is 6.03 Å². The standard InChI is InChI=1S/C17H20N2OS/c1-2-19(21)17(20)18(13-15-9-5-3-6-10-15)14-16-11-7-4-8-12-16/h3-12,21H,2,13-14H2,1H3. The lowest BCUT2D eigenvalue weighted by molar-refractivity contribution is 0.176. The molecule has 2 rings (SSSR count). The molecule has 0 N–H and O–H groups in total. The Morgan fingerprint density at radius 2 is 1.33 bits per heavy atom. The first kappa shape index (κ1) is 15.4. The molecule has 110 valence electrons. The van der Waals surface area contributed by atoms with Crippen LogP contribution in [0.1, 0.15) is 18.1 Å². The summed E-state index contributed by atoms with van der Waals surface area (Å²) in [6, 6.07) is 19.9. The normalized spacial score (nSPS) is 10.2. The van der Waals surface area contributed by atoms with Crippen LogP contribution in [-0.2, 0) is 13.1 Å². The minimum absolute atomic E-state index is 0.0754. The van der Waals surface area contributed by atoms with Crippen LogP contribution >= 0.6 is 12.8 Å². The number of thiol groups is 1. The van der Waals surface area contributed by atoms with E-state index in [9.17, 15) is 4.79 Å². The van der Waals surface area contributed by atoms with Crippen molar-refractivity contribution in [2.75, 3.05) is 6.54 Å². The second-order valence-electron chi connectivity index (χ2n) is 4.83. The fourth-order valence-corrected chi connectivity index (χ4v) is 2.22. The van der Waals surface area contributed by atoms with Gasteiger partial charge in [-0.2, -0.15) is 0 Å². The van der Waals surface area contributed by atoms with E-state index in [1.165, 1.54) is 4.31 Å². The van der Waals surface area contributed by atoms with Gasteiger partial charge in [-0.05, 0) is 18.1 Å². The number of nitrogens with zero attached hydrogens (tertiary/aromatic N) is 2. The molecule has 0 aliphatic rings. The molecular weight excluding hydrogens is 280 g/mol. The minimum Gasteiger partial charge on any atom is -0.315 e. The lowest BCUT2D eigenvalue weighted by atomic mass is 10.2. The molecule has 0 spiro atoms. The van der Waals surface area contributed by atoms with E-state index < -0.39 is 0 Å². The molecule has 0 saturated heterocycles. The van der Waals surface area contributed by atoms with Crippen molar-refractivity contribution in [3.05, 3.63) is 71.8 Å². The summed E-state index contributed by atoms with van der Waals surface area (Å²) in [6.07, 6.45) is 0. The van der Waals surface area contributed by atoms with Crippen LogP contribution in [0.3, 0.4) is 0 Å². The predicted octanol–water partition coefficient (Wildman–Crippen LogP) is 3.98. The summed E-state index contributed by atoms with van der Waals surface area (Å²) in [5.74, 6) is 0. The fourth-order valence-electron chi connectivity index (χ4n) is 2.10. The SMILES string of the molecule is CCN(S)C(=O)N(Cc1ccccc1)Cc1ccccc1. The van der Waals surface area contributed by atoms with Crippen molar-refractivity contribution in [2.45, 2.75) is 20.0 Å². The summed E-state index contributed by atoms with van der Waals surface area (Å²) in [5.41, 5.74) is 2.22. The zero-order valence-corrected chi connectivity index (χ0v) is 13.0. The van der Waals surface area contributed by atoms with Crippen LogP contribution in [0.5, 0.6) is 0 Å². The lowest BCUT2D eigenvalue weighted by Crippen LogP contribution is -2.37. The molecule has 2 aromatic rings. The van der Waals surface area contributed by atoms with Crippen LogP contribution in [0, 0.1) is 0 Å². The van der Waals surface area contributed by atoms with Crippen LogP contribution < -0.4 is 0 Å². The van der Waals surface area contributed by atoms with Crippen LogP contribution in [0.4, 0.5) is 4.79 Å². The highest BCUT2D eigenvalue weighted by molar-refractivity contribution is 7.78. The number of rotatable bonds is 5. The number of amides is 2. The van der Waals surface area contributed by atoms with Gasteiger partial charge in [-0.3, -0.25) is 4.31 Å². The summed E-state index contributed by atoms with van der Waals surface area (Å²) >= 11 is 4.24. The van der Waals surface area contributed by atoms with E-state index in [0.29, 0.717) is 19.6 Å². The van der Waals surface area contributed by atoms with E-state index in [2.05, 4.69) is 12.8 Å². The van der Waals surface area contributed by atoms with E-state index >= 15 is 0 Å². The summed E-state index contributed by atoms with van der Waals surface area (Å²) in [6.45, 7) is 3.63. The second kappa shape index (κ2) is 7.74. The third kappa shape index (κ3) is 4.53. The van der Waals surface area contributed by atoms with Crippen molar-refractivity contribution in [1.82, 2.24) is 9.21 Å². The van der Waals surface area contributed by atoms with Crippen molar-refractivity contribution in [3.63, 3.8) is 0 Å². The van der Waals surface area contributed by atoms with E-state index in [0.717, 1.165) is 11.1 Å². The molecule has 0 saturated carbocycles. The Bertz CT molecular complexity index is 518. The predicted molar refractivity (Wildman–Crippen MR) is 88.9 cm³/mol. The number of carbonyl (C=O) groups excluding carboxylic acids is 1. The van der Waals surface area contributed by atoms with Gasteiger partial charge in [-0.1, -0.05) is 73.5 Å². The fraction of sp³-hybridized carbons (Fsp3) is 0.235. The Balaban J connectivity index is 2.16. The van der Waals surface area contributed by atoms with Gasteiger partial charge in [0.25, 0.3) is 0 Å². The zero-order chi connectivity index (χ0) is 15.1. The lowest BCUT2D eigenvalue weighted by Gasteiger charge is -2.27. The average molecular weight is 300 g/mol. The average Bonchev–Trinajstić information content (AvgIpc) is 2.54. The Morgan fingerprint density at radius 3 is 1.71 bits per heavy atom. The number of carbonyl (C=O) groups is 1. The number of benzene rings is 2. The third-order valence-electron chi connectivity index (χ3n) is 3.22. The van der Waals surface area contributed by atoms with Crippen molar-refractivity contribution >= 4 is 18.8 Å². The third-order valence-corrected chi connectivity index (χ3v) is 3.68. The smallest absolute Gasteiger partial charge is 0.315 e. The molecule has 0 radical (unpaired) electrons. The van der Waals surface area contributed by atoms with Gasteiger partial charge < -0.3 is 4.90 Å². The van der Waals surface area contributed by atoms with Gasteiger partial charge in [0.15, 0.2) is 0 Å². The number of hydrogen-bond donors (Lipinski definition) is 1. The van der Waals surface area contributed by atoms with Crippen LogP contribution in [0.15, 0.2) is 60.7 Å². The monoisotopic (exact) mass is 300 g/mol. The van der Waals surface area contributed by atoms with Gasteiger partial charge in [0.2, 0.25) is 0 Å². The molecule has 3 nitrogen and oxygen atoms in total. The highest BCUT2D eigenvalue weighted by Crippen LogP contribution is 2.13. The molecule has 0 bridgehead atoms. The maximum absolute atomic E-state index is 12.5. The van der Waals surface area contributed by atoms with Crippen LogP contribution in [-0.4, -0.2) is 21.8 Å². The largest absolute Gasteiger partial charge is 0.330 e. The second-order valence-corrected chi connectivity index (χ2v) is 5.31. The summed E-state index contributed by atoms with van der Waals surface area (Å²) < 4.78 is 1.44. The summed E-state index contributed by atoms with van der Waals surface area (Å²) in [7, 11) is 0. The molecule has 2 aromatic carbocycles. The molecule has 2 amide bonds. The Hall–Kier alpha value is -1.94. The maximum atomic E-state index is 12.5. The van der Waals surface area contributed by atoms with E-state index in [1.54, 1.807) is 4.90 Å². The van der Waals surface area contributed by atoms with Crippen LogP contribution in [0.25, 0.3) is 0 Å². The highest BCUT2D eigenvalue weighted by atomic mass is 32.1. The van der Waals surface area contributed by atoms with Crippen molar-refractivity contribution < 1.29 is 4.79 Å². The zero-order valence-electron chi connectivity index (χ0n) is 12.1. The van der Waals surface area contributed by atoms with Gasteiger partial charge >= 0.3 is 6.03 Å². The summed E-state index contributed by atoms with van der Waals surface area (Å²) in [5, 5.41) is 0. The van der Waals surface area contributed by atoms with E-state index in [1.807, 2.05) is 67.6 Å². The molecule has 0 aliphatic carbocycles. The Labute approximate surface area is 131 Å². The molecular formula is C17H20N2OS.